The molecule has 10 nitrogen and oxygen atoms in total. The van der Waals surface area contributed by atoms with Gasteiger partial charge in [-0.3, -0.25) is 9.48 Å². The van der Waals surface area contributed by atoms with Gasteiger partial charge in [-0.15, -0.1) is 0 Å². The number of nitrogens with zero attached hydrogens (tertiary/aromatic N) is 3. The first-order valence-electron chi connectivity index (χ1n) is 11.9. The maximum absolute atomic E-state index is 13.5. The van der Waals surface area contributed by atoms with E-state index in [0.29, 0.717) is 18.6 Å². The molecule has 0 saturated carbocycles. The lowest BCUT2D eigenvalue weighted by Gasteiger charge is -2.31. The molecule has 1 atom stereocenters. The molecule has 0 N–H and O–H groups in total. The second-order valence-corrected chi connectivity index (χ2v) is 13.3. The van der Waals surface area contributed by atoms with Crippen LogP contribution in [0.3, 0.4) is 0 Å². The third-order valence-electron chi connectivity index (χ3n) is 6.31. The number of halogens is 1. The number of hydrogen-bond donors (Lipinski definition) is 0. The summed E-state index contributed by atoms with van der Waals surface area (Å²) < 4.78 is 64.0. The highest BCUT2D eigenvalue weighted by Gasteiger charge is 2.34. The molecule has 204 valence electrons. The van der Waals surface area contributed by atoms with Gasteiger partial charge in [0, 0.05) is 24.6 Å². The van der Waals surface area contributed by atoms with Crippen molar-refractivity contribution in [3.63, 3.8) is 0 Å². The highest BCUT2D eigenvalue weighted by molar-refractivity contribution is 7.90. The molecule has 4 rings (SSSR count). The molecule has 1 heterocycles. The van der Waals surface area contributed by atoms with Crippen LogP contribution in [0, 0.1) is 0 Å². The Hall–Kier alpha value is -2.93. The van der Waals surface area contributed by atoms with Crippen molar-refractivity contribution in [1.82, 2.24) is 14.1 Å². The topological polar surface area (TPSA) is 125 Å². The van der Waals surface area contributed by atoms with E-state index in [0.717, 1.165) is 23.9 Å². The maximum Gasteiger partial charge on any atom is 0.327 e. The molecule has 13 heteroatoms. The molecule has 0 bridgehead atoms. The van der Waals surface area contributed by atoms with Gasteiger partial charge in [-0.25, -0.2) is 16.8 Å². The largest absolute Gasteiger partial charge is 0.465 e. The average Bonchev–Trinajstić information content (AvgIpc) is 3.27. The fourth-order valence-electron chi connectivity index (χ4n) is 4.38. The lowest BCUT2D eigenvalue weighted by atomic mass is 9.93. The summed E-state index contributed by atoms with van der Waals surface area (Å²) in [5, 5.41) is 4.40. The van der Waals surface area contributed by atoms with Gasteiger partial charge in [0.05, 0.1) is 33.7 Å². The monoisotopic (exact) mass is 581 g/mol. The standard InChI is InChI=1S/C25H28ClN3O7S2/c1-4-35-25(30)16-29-23-7-5-6-22(20(23)15-27-29)28(2)38(33,34)19-12-13-24(21(26)14-19)36-17-8-10-18(11-9-17)37(3,31)32/h8-15,22H,4-7,16H2,1-3H3/t22-/m1/s1. The van der Waals surface area contributed by atoms with Crippen LogP contribution in [-0.2, 0) is 42.4 Å². The molecule has 38 heavy (non-hydrogen) atoms. The molecular formula is C25H28ClN3O7S2. The first kappa shape index (κ1) is 28.1. The summed E-state index contributed by atoms with van der Waals surface area (Å²) in [6, 6.07) is 9.55. The summed E-state index contributed by atoms with van der Waals surface area (Å²) >= 11 is 6.38. The van der Waals surface area contributed by atoms with Crippen molar-refractivity contribution in [3.05, 3.63) is 64.9 Å². The fraction of sp³-hybridized carbons (Fsp3) is 0.360. The molecule has 0 radical (unpaired) electrons. The molecule has 1 aliphatic carbocycles. The predicted octanol–water partition coefficient (Wildman–Crippen LogP) is 3.99. The molecule has 1 aliphatic rings. The Balaban J connectivity index is 1.54. The molecule has 2 aromatic carbocycles. The zero-order valence-electron chi connectivity index (χ0n) is 21.1. The van der Waals surface area contributed by atoms with E-state index in [1.165, 1.54) is 53.8 Å². The van der Waals surface area contributed by atoms with Crippen LogP contribution < -0.4 is 4.74 Å². The van der Waals surface area contributed by atoms with Gasteiger partial charge in [-0.1, -0.05) is 11.6 Å². The van der Waals surface area contributed by atoms with Crippen LogP contribution >= 0.6 is 11.6 Å². The normalized spacial score (nSPS) is 15.8. The lowest BCUT2D eigenvalue weighted by Crippen LogP contribution is -2.33. The van der Waals surface area contributed by atoms with Gasteiger partial charge in [-0.2, -0.15) is 9.40 Å². The van der Waals surface area contributed by atoms with E-state index in [-0.39, 0.29) is 33.7 Å². The van der Waals surface area contributed by atoms with Crippen molar-refractivity contribution < 1.29 is 31.1 Å². The Bertz CT molecular complexity index is 1550. The number of carbonyl (C=O) groups excluding carboxylic acids is 1. The van der Waals surface area contributed by atoms with Crippen molar-refractivity contribution in [1.29, 1.82) is 0 Å². The Kier molecular flexibility index (Phi) is 8.17. The van der Waals surface area contributed by atoms with Crippen LogP contribution in [0.2, 0.25) is 5.02 Å². The molecule has 0 aliphatic heterocycles. The van der Waals surface area contributed by atoms with Crippen molar-refractivity contribution >= 4 is 37.4 Å². The number of sulfonamides is 1. The van der Waals surface area contributed by atoms with E-state index in [9.17, 15) is 21.6 Å². The highest BCUT2D eigenvalue weighted by Crippen LogP contribution is 2.38. The summed E-state index contributed by atoms with van der Waals surface area (Å²) in [4.78, 5) is 12.1. The Morgan fingerprint density at radius 2 is 1.82 bits per heavy atom. The summed E-state index contributed by atoms with van der Waals surface area (Å²) in [7, 11) is -5.77. The number of ether oxygens (including phenoxy) is 2. The van der Waals surface area contributed by atoms with Gasteiger partial charge in [0.1, 0.15) is 18.0 Å². The Labute approximate surface area is 227 Å². The van der Waals surface area contributed by atoms with Crippen molar-refractivity contribution in [2.75, 3.05) is 19.9 Å². The van der Waals surface area contributed by atoms with Crippen LogP contribution in [-0.4, -0.2) is 56.8 Å². The SMILES string of the molecule is CCOC(=O)Cn1ncc2c1CCC[C@H]2N(C)S(=O)(=O)c1ccc(Oc2ccc(S(C)(=O)=O)cc2)c(Cl)c1. The molecule has 3 aromatic rings. The fourth-order valence-corrected chi connectivity index (χ4v) is 6.69. The highest BCUT2D eigenvalue weighted by atomic mass is 35.5. The Morgan fingerprint density at radius 1 is 1.13 bits per heavy atom. The molecular weight excluding hydrogens is 554 g/mol. The number of rotatable bonds is 9. The van der Waals surface area contributed by atoms with Crippen molar-refractivity contribution in [2.45, 2.75) is 48.6 Å². The summed E-state index contributed by atoms with van der Waals surface area (Å²) in [5.74, 6) is 0.173. The lowest BCUT2D eigenvalue weighted by molar-refractivity contribution is -0.144. The minimum Gasteiger partial charge on any atom is -0.465 e. The van der Waals surface area contributed by atoms with Crippen LogP contribution in [0.4, 0.5) is 0 Å². The van der Waals surface area contributed by atoms with Gasteiger partial charge < -0.3 is 9.47 Å². The second kappa shape index (κ2) is 11.0. The molecule has 1 aromatic heterocycles. The zero-order valence-corrected chi connectivity index (χ0v) is 23.5. The van der Waals surface area contributed by atoms with E-state index in [1.807, 2.05) is 0 Å². The van der Waals surface area contributed by atoms with E-state index >= 15 is 0 Å². The maximum atomic E-state index is 13.5. The Morgan fingerprint density at radius 3 is 2.45 bits per heavy atom. The second-order valence-electron chi connectivity index (χ2n) is 8.88. The average molecular weight is 582 g/mol. The summed E-state index contributed by atoms with van der Waals surface area (Å²) in [6.45, 7) is 1.98. The van der Waals surface area contributed by atoms with E-state index in [2.05, 4.69) is 5.10 Å². The van der Waals surface area contributed by atoms with Crippen LogP contribution in [0.25, 0.3) is 0 Å². The molecule has 0 spiro atoms. The predicted molar refractivity (Wildman–Crippen MR) is 141 cm³/mol. The summed E-state index contributed by atoms with van der Waals surface area (Å²) in [6.07, 6.45) is 4.75. The van der Waals surface area contributed by atoms with Crippen LogP contribution in [0.1, 0.15) is 37.1 Å². The first-order chi connectivity index (χ1) is 17.9. The van der Waals surface area contributed by atoms with Crippen molar-refractivity contribution in [3.8, 4) is 11.5 Å². The van der Waals surface area contributed by atoms with Gasteiger partial charge in [0.15, 0.2) is 9.84 Å². The minimum absolute atomic E-state index is 0.00388. The molecule has 0 amide bonds. The van der Waals surface area contributed by atoms with Gasteiger partial charge in [0.2, 0.25) is 10.0 Å². The van der Waals surface area contributed by atoms with Crippen LogP contribution in [0.15, 0.2) is 58.5 Å². The molecule has 0 unspecified atom stereocenters. The van der Waals surface area contributed by atoms with E-state index in [1.54, 1.807) is 17.8 Å². The third kappa shape index (κ3) is 5.88. The van der Waals surface area contributed by atoms with Gasteiger partial charge in [0.25, 0.3) is 0 Å². The molecule has 0 fully saturated rings. The smallest absolute Gasteiger partial charge is 0.327 e. The quantitative estimate of drug-likeness (QED) is 0.347. The third-order valence-corrected chi connectivity index (χ3v) is 9.60. The van der Waals surface area contributed by atoms with Crippen molar-refractivity contribution in [2.24, 2.45) is 0 Å². The number of fused-ring (bicyclic) bond motifs is 1. The molecule has 0 saturated heterocycles. The number of esters is 1. The number of benzene rings is 2. The number of aromatic nitrogens is 2. The minimum atomic E-state index is -3.94. The van der Waals surface area contributed by atoms with Gasteiger partial charge in [-0.05, 0) is 68.7 Å². The van der Waals surface area contributed by atoms with E-state index < -0.39 is 31.9 Å². The summed E-state index contributed by atoms with van der Waals surface area (Å²) in [5.41, 5.74) is 1.58. The van der Waals surface area contributed by atoms with E-state index in [4.69, 9.17) is 21.1 Å². The number of hydrogen-bond acceptors (Lipinski definition) is 8. The van der Waals surface area contributed by atoms with Gasteiger partial charge >= 0.3 is 5.97 Å². The number of carbonyl (C=O) groups is 1. The zero-order chi connectivity index (χ0) is 27.7. The van der Waals surface area contributed by atoms with Crippen LogP contribution in [0.5, 0.6) is 11.5 Å². The number of sulfone groups is 1. The first-order valence-corrected chi connectivity index (χ1v) is 15.6.